The van der Waals surface area contributed by atoms with Gasteiger partial charge in [-0.3, -0.25) is 8.98 Å². The molecule has 4 rings (SSSR count). The summed E-state index contributed by atoms with van der Waals surface area (Å²) in [5.74, 6) is -2.20. The van der Waals surface area contributed by atoms with Gasteiger partial charge in [0, 0.05) is 25.0 Å². The minimum atomic E-state index is -4.33. The van der Waals surface area contributed by atoms with E-state index in [1.54, 1.807) is 55.5 Å². The van der Waals surface area contributed by atoms with E-state index >= 15 is 0 Å². The molecule has 1 heterocycles. The first-order valence-electron chi connectivity index (χ1n) is 14.6. The van der Waals surface area contributed by atoms with E-state index in [1.807, 2.05) is 0 Å². The van der Waals surface area contributed by atoms with Gasteiger partial charge in [0.2, 0.25) is 5.91 Å². The summed E-state index contributed by atoms with van der Waals surface area (Å²) in [6.07, 6.45) is -5.42. The number of azide groups is 1. The number of carbonyl (C=O) groups is 3. The number of aryl methyl sites for hydroxylation is 1. The summed E-state index contributed by atoms with van der Waals surface area (Å²) in [6, 6.07) is 20.7. The predicted octanol–water partition coefficient (Wildman–Crippen LogP) is 4.10. The lowest BCUT2D eigenvalue weighted by molar-refractivity contribution is -0.267. The zero-order valence-corrected chi connectivity index (χ0v) is 26.4. The van der Waals surface area contributed by atoms with Crippen molar-refractivity contribution < 1.29 is 45.9 Å². The monoisotopic (exact) mass is 666 g/mol. The van der Waals surface area contributed by atoms with Crippen molar-refractivity contribution in [1.82, 2.24) is 5.32 Å². The highest BCUT2D eigenvalue weighted by atomic mass is 32.2. The van der Waals surface area contributed by atoms with Crippen molar-refractivity contribution in [2.75, 3.05) is 19.8 Å². The van der Waals surface area contributed by atoms with Crippen LogP contribution in [0, 0.1) is 6.92 Å². The lowest BCUT2D eigenvalue weighted by Gasteiger charge is -2.45. The lowest BCUT2D eigenvalue weighted by Crippen LogP contribution is -2.66. The van der Waals surface area contributed by atoms with Gasteiger partial charge in [-0.1, -0.05) is 59.2 Å². The molecule has 1 N–H and O–H groups in total. The Hall–Kier alpha value is -4.79. The maximum atomic E-state index is 13.4. The second kappa shape index (κ2) is 16.7. The molecule has 0 saturated carbocycles. The van der Waals surface area contributed by atoms with Gasteiger partial charge in [0.15, 0.2) is 18.5 Å². The Labute approximate surface area is 271 Å². The smallest absolute Gasteiger partial charge is 0.338 e. The van der Waals surface area contributed by atoms with Crippen molar-refractivity contribution in [2.45, 2.75) is 55.8 Å². The van der Waals surface area contributed by atoms with Crippen LogP contribution in [0.4, 0.5) is 0 Å². The number of esters is 2. The van der Waals surface area contributed by atoms with E-state index < -0.39 is 65.2 Å². The van der Waals surface area contributed by atoms with E-state index in [2.05, 4.69) is 15.3 Å². The summed E-state index contributed by atoms with van der Waals surface area (Å²) < 4.78 is 55.5. The van der Waals surface area contributed by atoms with E-state index in [0.717, 1.165) is 5.56 Å². The molecule has 248 valence electrons. The molecule has 1 aliphatic rings. The third-order valence-electron chi connectivity index (χ3n) is 6.97. The van der Waals surface area contributed by atoms with E-state index in [0.29, 0.717) is 0 Å². The maximum Gasteiger partial charge on any atom is 0.338 e. The van der Waals surface area contributed by atoms with Gasteiger partial charge in [0.25, 0.3) is 10.1 Å². The maximum absolute atomic E-state index is 13.4. The fourth-order valence-electron chi connectivity index (χ4n) is 4.69. The molecule has 1 fully saturated rings. The highest BCUT2D eigenvalue weighted by molar-refractivity contribution is 7.86. The molecule has 1 aliphatic heterocycles. The summed E-state index contributed by atoms with van der Waals surface area (Å²) in [7, 11) is -4.33. The van der Waals surface area contributed by atoms with E-state index in [-0.39, 0.29) is 35.6 Å². The van der Waals surface area contributed by atoms with Crippen molar-refractivity contribution in [3.05, 3.63) is 112 Å². The van der Waals surface area contributed by atoms with E-state index in [9.17, 15) is 22.8 Å². The number of nitrogens with one attached hydrogen (secondary N) is 1. The molecule has 1 saturated heterocycles. The molecule has 3 aromatic carbocycles. The number of nitrogens with zero attached hydrogens (tertiary/aromatic N) is 3. The second-order valence-corrected chi connectivity index (χ2v) is 12.1. The van der Waals surface area contributed by atoms with Crippen LogP contribution in [0.1, 0.15) is 39.6 Å². The summed E-state index contributed by atoms with van der Waals surface area (Å²) in [6.45, 7) is 2.41. The van der Waals surface area contributed by atoms with Gasteiger partial charge >= 0.3 is 11.9 Å². The largest absolute Gasteiger partial charge is 0.452 e. The van der Waals surface area contributed by atoms with Gasteiger partial charge in [-0.25, -0.2) is 9.59 Å². The summed E-state index contributed by atoms with van der Waals surface area (Å²) >= 11 is 0. The molecular weight excluding hydrogens is 632 g/mol. The summed E-state index contributed by atoms with van der Waals surface area (Å²) in [5, 5.41) is 6.12. The fraction of sp³-hybridized carbons (Fsp3) is 0.344. The quantitative estimate of drug-likeness (QED) is 0.0654. The Morgan fingerprint density at radius 1 is 0.894 bits per heavy atom. The molecule has 0 unspecified atom stereocenters. The number of benzene rings is 3. The van der Waals surface area contributed by atoms with Crippen LogP contribution in [-0.2, 0) is 38.0 Å². The van der Waals surface area contributed by atoms with E-state index in [4.69, 9.17) is 28.7 Å². The minimum Gasteiger partial charge on any atom is -0.452 e. The second-order valence-electron chi connectivity index (χ2n) is 10.5. The molecule has 0 bridgehead atoms. The molecule has 47 heavy (non-hydrogen) atoms. The van der Waals surface area contributed by atoms with Crippen LogP contribution in [0.5, 0.6) is 0 Å². The zero-order chi connectivity index (χ0) is 33.8. The molecule has 1 amide bonds. The number of carbonyl (C=O) groups excluding carboxylic acids is 3. The highest BCUT2D eigenvalue weighted by Crippen LogP contribution is 2.30. The van der Waals surface area contributed by atoms with Crippen molar-refractivity contribution in [3.8, 4) is 0 Å². The first kappa shape index (κ1) is 35.1. The van der Waals surface area contributed by atoms with Crippen LogP contribution < -0.4 is 5.32 Å². The van der Waals surface area contributed by atoms with Crippen molar-refractivity contribution in [2.24, 2.45) is 5.11 Å². The topological polar surface area (TPSA) is 192 Å². The predicted molar refractivity (Wildman–Crippen MR) is 166 cm³/mol. The third kappa shape index (κ3) is 9.85. The molecule has 0 aromatic heterocycles. The lowest BCUT2D eigenvalue weighted by atomic mass is 9.95. The molecule has 3 aromatic rings. The van der Waals surface area contributed by atoms with Crippen LogP contribution >= 0.6 is 0 Å². The molecule has 14 nitrogen and oxygen atoms in total. The van der Waals surface area contributed by atoms with Crippen molar-refractivity contribution >= 4 is 28.0 Å². The summed E-state index contributed by atoms with van der Waals surface area (Å²) in [4.78, 5) is 41.7. The van der Waals surface area contributed by atoms with Gasteiger partial charge in [0.1, 0.15) is 12.1 Å². The average molecular weight is 667 g/mol. The highest BCUT2D eigenvalue weighted by Gasteiger charge is 2.52. The van der Waals surface area contributed by atoms with Crippen molar-refractivity contribution in [1.29, 1.82) is 0 Å². The summed E-state index contributed by atoms with van der Waals surface area (Å²) in [5.41, 5.74) is 9.75. The van der Waals surface area contributed by atoms with Crippen LogP contribution in [0.2, 0.25) is 0 Å². The number of ether oxygens (including phenoxy) is 4. The molecule has 0 radical (unpaired) electrons. The third-order valence-corrected chi connectivity index (χ3v) is 8.26. The Kier molecular flexibility index (Phi) is 12.4. The van der Waals surface area contributed by atoms with Crippen LogP contribution in [0.25, 0.3) is 10.4 Å². The van der Waals surface area contributed by atoms with Crippen LogP contribution in [0.3, 0.4) is 0 Å². The first-order chi connectivity index (χ1) is 22.6. The number of hydrogen-bond donors (Lipinski definition) is 1. The fourth-order valence-corrected chi connectivity index (χ4v) is 5.61. The zero-order valence-electron chi connectivity index (χ0n) is 25.6. The van der Waals surface area contributed by atoms with Gasteiger partial charge in [-0.05, 0) is 55.3 Å². The van der Waals surface area contributed by atoms with Crippen molar-refractivity contribution in [3.63, 3.8) is 0 Å². The Morgan fingerprint density at radius 3 is 2.02 bits per heavy atom. The van der Waals surface area contributed by atoms with E-state index in [1.165, 1.54) is 43.3 Å². The van der Waals surface area contributed by atoms with Gasteiger partial charge in [0.05, 0.1) is 22.6 Å². The van der Waals surface area contributed by atoms with Gasteiger partial charge < -0.3 is 24.3 Å². The standard InChI is InChI=1S/C32H34N4O10S/c1-21-14-16-25(17-15-21)47(40,41)43-20-26-28(45-30(38)23-10-5-3-6-11-23)29(46-31(39)24-12-7-4-8-13-24)27(35-22(2)37)32(44-26)42-19-9-18-34-36-33/h3-8,10-17,26-29,32H,9,18-20H2,1-2H3,(H,35,37)/t26-,27-,28-,29-,32+/m1/s1. The van der Waals surface area contributed by atoms with Gasteiger partial charge in [-0.2, -0.15) is 8.42 Å². The Bertz CT molecular complexity index is 1670. The van der Waals surface area contributed by atoms with Gasteiger partial charge in [-0.15, -0.1) is 0 Å². The SMILES string of the molecule is CC(=O)N[C@H]1[C@@H](OCCCN=[N+]=[N-])O[C@H](COS(=O)(=O)c2ccc(C)cc2)[C@@H](OC(=O)c2ccccc2)[C@@H]1OC(=O)c1ccccc1. The number of amides is 1. The first-order valence-corrected chi connectivity index (χ1v) is 16.0. The molecule has 5 atom stereocenters. The van der Waals surface area contributed by atoms with Crippen LogP contribution in [-0.4, -0.2) is 76.7 Å². The molecule has 15 heteroatoms. The van der Waals surface area contributed by atoms with Crippen LogP contribution in [0.15, 0.2) is 94.9 Å². The minimum absolute atomic E-state index is 0.0250. The molecule has 0 spiro atoms. The number of rotatable bonds is 14. The normalized spacial score (nSPS) is 20.8. The number of hydrogen-bond acceptors (Lipinski definition) is 11. The Balaban J connectivity index is 1.72. The molecule has 0 aliphatic carbocycles. The molecular formula is C32H34N4O10S. The Morgan fingerprint density at radius 2 is 1.47 bits per heavy atom. The average Bonchev–Trinajstić information content (AvgIpc) is 3.06.